The van der Waals surface area contributed by atoms with Crippen LogP contribution >= 0.6 is 0 Å². The van der Waals surface area contributed by atoms with Gasteiger partial charge in [-0.25, -0.2) is 0 Å². The summed E-state index contributed by atoms with van der Waals surface area (Å²) >= 11 is 0. The van der Waals surface area contributed by atoms with Crippen molar-refractivity contribution in [3.63, 3.8) is 0 Å². The second kappa shape index (κ2) is 5.36. The Morgan fingerprint density at radius 1 is 1.22 bits per heavy atom. The molecule has 0 bridgehead atoms. The van der Waals surface area contributed by atoms with Gasteiger partial charge in [0.2, 0.25) is 5.78 Å². The maximum absolute atomic E-state index is 12.0. The summed E-state index contributed by atoms with van der Waals surface area (Å²) in [5.41, 5.74) is 2.46. The Hall–Kier alpha value is -2.29. The third kappa shape index (κ3) is 2.51. The first-order valence-corrected chi connectivity index (χ1v) is 5.95. The van der Waals surface area contributed by atoms with E-state index in [1.165, 1.54) is 4.68 Å². The summed E-state index contributed by atoms with van der Waals surface area (Å²) in [6.07, 6.45) is 4.15. The van der Waals surface area contributed by atoms with Crippen LogP contribution in [-0.4, -0.2) is 10.5 Å². The van der Waals surface area contributed by atoms with Crippen LogP contribution in [0.25, 0.3) is 6.08 Å². The second-order valence-electron chi connectivity index (χ2n) is 4.04. The maximum atomic E-state index is 12.0. The zero-order valence-corrected chi connectivity index (χ0v) is 10.3. The molecule has 2 aromatic rings. The number of carbonyl (C=O) groups is 1. The minimum atomic E-state index is -0.0824. The molecular weight excluding hydrogens is 224 g/mol. The molecule has 3 nitrogen and oxygen atoms in total. The van der Waals surface area contributed by atoms with E-state index >= 15 is 0 Å². The minimum absolute atomic E-state index is 0.0824. The molecule has 0 fully saturated rings. The van der Waals surface area contributed by atoms with Crippen LogP contribution in [0.1, 0.15) is 28.7 Å². The standard InChI is InChI=1S/C15H16N2O/c1-2-13-9-10-14(17(13)16)15(18)11-8-12-6-4-3-5-7-12/h3-11H,2,16H2,1H3/b11-8+. The van der Waals surface area contributed by atoms with E-state index in [1.807, 2.05) is 43.3 Å². The third-order valence-electron chi connectivity index (χ3n) is 2.84. The third-order valence-corrected chi connectivity index (χ3v) is 2.84. The molecule has 0 spiro atoms. The van der Waals surface area contributed by atoms with Crippen molar-refractivity contribution in [3.8, 4) is 0 Å². The summed E-state index contributed by atoms with van der Waals surface area (Å²) in [5, 5.41) is 0. The molecule has 0 saturated heterocycles. The predicted octanol–water partition coefficient (Wildman–Crippen LogP) is 2.66. The Kier molecular flexibility index (Phi) is 3.63. The Bertz CT molecular complexity index is 567. The highest BCUT2D eigenvalue weighted by molar-refractivity contribution is 6.05. The van der Waals surface area contributed by atoms with E-state index in [0.29, 0.717) is 5.69 Å². The number of allylic oxidation sites excluding steroid dienone is 1. The fourth-order valence-electron chi connectivity index (χ4n) is 1.80. The number of rotatable bonds is 4. The van der Waals surface area contributed by atoms with E-state index < -0.39 is 0 Å². The molecular formula is C15H16N2O. The van der Waals surface area contributed by atoms with Crippen LogP contribution in [0, 0.1) is 0 Å². The molecule has 2 N–H and O–H groups in total. The number of hydrogen-bond donors (Lipinski definition) is 1. The molecule has 1 aromatic heterocycles. The van der Waals surface area contributed by atoms with Crippen molar-refractivity contribution in [2.45, 2.75) is 13.3 Å². The monoisotopic (exact) mass is 240 g/mol. The average molecular weight is 240 g/mol. The highest BCUT2D eigenvalue weighted by Crippen LogP contribution is 2.09. The van der Waals surface area contributed by atoms with Gasteiger partial charge in [0.1, 0.15) is 5.69 Å². The van der Waals surface area contributed by atoms with Crippen LogP contribution in [0.4, 0.5) is 0 Å². The molecule has 0 saturated carbocycles. The smallest absolute Gasteiger partial charge is 0.204 e. The number of hydrogen-bond acceptors (Lipinski definition) is 2. The Labute approximate surface area is 107 Å². The van der Waals surface area contributed by atoms with Gasteiger partial charge < -0.3 is 5.84 Å². The second-order valence-corrected chi connectivity index (χ2v) is 4.04. The summed E-state index contributed by atoms with van der Waals surface area (Å²) in [6.45, 7) is 2.01. The number of carbonyl (C=O) groups excluding carboxylic acids is 1. The number of aryl methyl sites for hydroxylation is 1. The van der Waals surface area contributed by atoms with Gasteiger partial charge in [-0.2, -0.15) is 0 Å². The minimum Gasteiger partial charge on any atom is -0.339 e. The van der Waals surface area contributed by atoms with Crippen LogP contribution < -0.4 is 5.84 Å². The lowest BCUT2D eigenvalue weighted by molar-refractivity contribution is 0.104. The summed E-state index contributed by atoms with van der Waals surface area (Å²) in [4.78, 5) is 12.0. The number of nitrogens with two attached hydrogens (primary N) is 1. The number of benzene rings is 1. The number of aromatic nitrogens is 1. The molecule has 0 aliphatic carbocycles. The van der Waals surface area contributed by atoms with Gasteiger partial charge in [0.15, 0.2) is 0 Å². The molecule has 0 amide bonds. The van der Waals surface area contributed by atoms with E-state index in [2.05, 4.69) is 0 Å². The summed E-state index contributed by atoms with van der Waals surface area (Å²) in [6, 6.07) is 13.3. The molecule has 18 heavy (non-hydrogen) atoms. The Morgan fingerprint density at radius 2 is 1.94 bits per heavy atom. The van der Waals surface area contributed by atoms with E-state index in [4.69, 9.17) is 5.84 Å². The largest absolute Gasteiger partial charge is 0.339 e. The van der Waals surface area contributed by atoms with Gasteiger partial charge in [0, 0.05) is 5.69 Å². The predicted molar refractivity (Wildman–Crippen MR) is 73.8 cm³/mol. The van der Waals surface area contributed by atoms with Gasteiger partial charge in [0.05, 0.1) is 0 Å². The van der Waals surface area contributed by atoms with Crippen molar-refractivity contribution in [3.05, 3.63) is 65.5 Å². The molecule has 0 unspecified atom stereocenters. The van der Waals surface area contributed by atoms with Gasteiger partial charge >= 0.3 is 0 Å². The van der Waals surface area contributed by atoms with Gasteiger partial charge in [-0.05, 0) is 30.2 Å². The fourth-order valence-corrected chi connectivity index (χ4v) is 1.80. The molecule has 3 heteroatoms. The van der Waals surface area contributed by atoms with E-state index in [-0.39, 0.29) is 5.78 Å². The molecule has 92 valence electrons. The first-order chi connectivity index (χ1) is 8.72. The first-order valence-electron chi connectivity index (χ1n) is 5.95. The maximum Gasteiger partial charge on any atom is 0.204 e. The first kappa shape index (κ1) is 12.2. The van der Waals surface area contributed by atoms with Crippen molar-refractivity contribution in [2.24, 2.45) is 0 Å². The van der Waals surface area contributed by atoms with Crippen molar-refractivity contribution in [1.82, 2.24) is 4.68 Å². The van der Waals surface area contributed by atoms with Crippen LogP contribution in [0.15, 0.2) is 48.5 Å². The molecule has 2 rings (SSSR count). The van der Waals surface area contributed by atoms with Gasteiger partial charge in [0.25, 0.3) is 0 Å². The molecule has 0 radical (unpaired) electrons. The van der Waals surface area contributed by atoms with Gasteiger partial charge in [-0.3, -0.25) is 9.47 Å². The van der Waals surface area contributed by atoms with Gasteiger partial charge in [-0.1, -0.05) is 43.3 Å². The van der Waals surface area contributed by atoms with Crippen LogP contribution in [0.2, 0.25) is 0 Å². The van der Waals surface area contributed by atoms with Crippen LogP contribution in [-0.2, 0) is 6.42 Å². The molecule has 0 aliphatic rings. The normalized spacial score (nSPS) is 10.9. The van der Waals surface area contributed by atoms with E-state index in [0.717, 1.165) is 17.7 Å². The summed E-state index contributed by atoms with van der Waals surface area (Å²) < 4.78 is 1.46. The van der Waals surface area contributed by atoms with E-state index in [1.54, 1.807) is 18.2 Å². The topological polar surface area (TPSA) is 48.0 Å². The summed E-state index contributed by atoms with van der Waals surface area (Å²) in [5.74, 6) is 5.76. The lowest BCUT2D eigenvalue weighted by atomic mass is 10.2. The Morgan fingerprint density at radius 3 is 2.56 bits per heavy atom. The SMILES string of the molecule is CCc1ccc(C(=O)/C=C/c2ccccc2)n1N. The highest BCUT2D eigenvalue weighted by Gasteiger charge is 2.09. The highest BCUT2D eigenvalue weighted by atomic mass is 16.1. The molecule has 1 aromatic carbocycles. The zero-order chi connectivity index (χ0) is 13.0. The van der Waals surface area contributed by atoms with Crippen LogP contribution in [0.5, 0.6) is 0 Å². The molecule has 0 aliphatic heterocycles. The van der Waals surface area contributed by atoms with Crippen molar-refractivity contribution in [2.75, 3.05) is 5.84 Å². The quantitative estimate of drug-likeness (QED) is 0.507. The average Bonchev–Trinajstić information content (AvgIpc) is 2.78. The fraction of sp³-hybridized carbons (Fsp3) is 0.133. The zero-order valence-electron chi connectivity index (χ0n) is 10.3. The van der Waals surface area contributed by atoms with E-state index in [9.17, 15) is 4.79 Å². The number of nitrogen functional groups attached to an aromatic ring is 1. The molecule has 0 atom stereocenters. The number of nitrogens with zero attached hydrogens (tertiary/aromatic N) is 1. The summed E-state index contributed by atoms with van der Waals surface area (Å²) in [7, 11) is 0. The van der Waals surface area contributed by atoms with Crippen molar-refractivity contribution < 1.29 is 4.79 Å². The number of ketones is 1. The van der Waals surface area contributed by atoms with Crippen molar-refractivity contribution in [1.29, 1.82) is 0 Å². The van der Waals surface area contributed by atoms with Gasteiger partial charge in [-0.15, -0.1) is 0 Å². The lowest BCUT2D eigenvalue weighted by Gasteiger charge is -2.02. The molecule has 1 heterocycles. The Balaban J connectivity index is 2.17. The lowest BCUT2D eigenvalue weighted by Crippen LogP contribution is -2.17. The van der Waals surface area contributed by atoms with Crippen LogP contribution in [0.3, 0.4) is 0 Å². The van der Waals surface area contributed by atoms with Crippen molar-refractivity contribution >= 4 is 11.9 Å².